The fourth-order valence-electron chi connectivity index (χ4n) is 13.5. The summed E-state index contributed by atoms with van der Waals surface area (Å²) in [7, 11) is 0. The van der Waals surface area contributed by atoms with Crippen molar-refractivity contribution < 1.29 is 66.0 Å². The van der Waals surface area contributed by atoms with Crippen LogP contribution in [0.1, 0.15) is 206 Å². The Bertz CT molecular complexity index is 3860. The first-order valence-corrected chi connectivity index (χ1v) is 40.6. The van der Waals surface area contributed by atoms with Gasteiger partial charge in [0.25, 0.3) is 0 Å². The van der Waals surface area contributed by atoms with Crippen molar-refractivity contribution in [2.45, 2.75) is 175 Å². The van der Waals surface area contributed by atoms with E-state index in [0.29, 0.717) is 134 Å². The van der Waals surface area contributed by atoms with Crippen molar-refractivity contribution in [1.29, 1.82) is 0 Å². The molecule has 0 saturated carbocycles. The van der Waals surface area contributed by atoms with Gasteiger partial charge >= 0.3 is 0 Å². The van der Waals surface area contributed by atoms with Gasteiger partial charge in [-0.2, -0.15) is 0 Å². The summed E-state index contributed by atoms with van der Waals surface area (Å²) in [6.45, 7) is 49.5. The molecule has 6 aliphatic heterocycles. The van der Waals surface area contributed by atoms with Gasteiger partial charge in [-0.05, 0) is 72.5 Å². The van der Waals surface area contributed by atoms with Crippen molar-refractivity contribution >= 4 is 58.6 Å². The summed E-state index contributed by atoms with van der Waals surface area (Å²) in [5, 5.41) is 1.39. The van der Waals surface area contributed by atoms with Crippen LogP contribution in [0.3, 0.4) is 0 Å². The average molecular weight is 1620 g/mol. The first kappa shape index (κ1) is 93.5. The van der Waals surface area contributed by atoms with E-state index >= 15 is 0 Å². The van der Waals surface area contributed by atoms with Crippen LogP contribution in [0.15, 0.2) is 146 Å². The number of aryl methyl sites for hydroxylation is 2. The zero-order valence-electron chi connectivity index (χ0n) is 71.1. The average Bonchev–Trinajstić information content (AvgIpc) is 0.792. The summed E-state index contributed by atoms with van der Waals surface area (Å²) >= 11 is 12.2. The first-order chi connectivity index (χ1) is 53.3. The molecular formula is C92H126Cl2F2N6O12. The van der Waals surface area contributed by atoms with E-state index in [1.807, 2.05) is 199 Å². The van der Waals surface area contributed by atoms with Gasteiger partial charge in [0, 0.05) is 92.9 Å². The van der Waals surface area contributed by atoms with Gasteiger partial charge in [-0.3, -0.25) is 28.8 Å². The van der Waals surface area contributed by atoms with Gasteiger partial charge in [-0.1, -0.05) is 268 Å². The Hall–Kier alpha value is -7.66. The lowest BCUT2D eigenvalue weighted by Gasteiger charge is -2.36. The number of benzene rings is 6. The zero-order chi connectivity index (χ0) is 84.3. The predicted octanol–water partition coefficient (Wildman–Crippen LogP) is 18.0. The molecule has 0 aliphatic carbocycles. The Labute approximate surface area is 687 Å². The second-order valence-corrected chi connectivity index (χ2v) is 37.0. The lowest BCUT2D eigenvalue weighted by atomic mass is 9.94. The van der Waals surface area contributed by atoms with Crippen LogP contribution in [-0.4, -0.2) is 183 Å². The Morgan fingerprint density at radius 3 is 0.868 bits per heavy atom. The van der Waals surface area contributed by atoms with Crippen molar-refractivity contribution in [3.63, 3.8) is 0 Å². The summed E-state index contributed by atoms with van der Waals surface area (Å²) in [4.78, 5) is 85.0. The van der Waals surface area contributed by atoms with E-state index in [1.165, 1.54) is 29.3 Å². The van der Waals surface area contributed by atoms with E-state index in [-0.39, 0.29) is 105 Å². The Kier molecular flexibility index (Phi) is 34.0. The highest BCUT2D eigenvalue weighted by atomic mass is 35.5. The molecule has 0 radical (unpaired) electrons. The maximum Gasteiger partial charge on any atom is 0.228 e. The summed E-state index contributed by atoms with van der Waals surface area (Å²) in [5.74, 6) is 0.365. The van der Waals surface area contributed by atoms with Crippen LogP contribution in [0.5, 0.6) is 0 Å². The molecule has 6 fully saturated rings. The molecule has 6 unspecified atom stereocenters. The lowest BCUT2D eigenvalue weighted by molar-refractivity contribution is -0.147. The molecule has 18 nitrogen and oxygen atoms in total. The molecule has 624 valence electrons. The number of hydrogen-bond donors (Lipinski definition) is 0. The molecule has 6 heterocycles. The van der Waals surface area contributed by atoms with E-state index in [0.717, 1.165) is 27.8 Å². The van der Waals surface area contributed by atoms with Gasteiger partial charge in [0.15, 0.2) is 0 Å². The summed E-state index contributed by atoms with van der Waals surface area (Å²) < 4.78 is 61.4. The van der Waals surface area contributed by atoms with Crippen LogP contribution < -0.4 is 0 Å². The normalized spacial score (nSPS) is 20.4. The third-order valence-electron chi connectivity index (χ3n) is 19.8. The van der Waals surface area contributed by atoms with E-state index in [1.54, 1.807) is 34.1 Å². The van der Waals surface area contributed by atoms with Crippen molar-refractivity contribution in [1.82, 2.24) is 29.4 Å². The third kappa shape index (κ3) is 28.3. The number of morpholine rings is 6. The quantitative estimate of drug-likeness (QED) is 0.154. The highest BCUT2D eigenvalue weighted by Crippen LogP contribution is 2.35. The lowest BCUT2D eigenvalue weighted by Crippen LogP contribution is -2.47. The minimum atomic E-state index is -0.420. The number of carbonyl (C=O) groups is 6. The molecule has 114 heavy (non-hydrogen) atoms. The van der Waals surface area contributed by atoms with Gasteiger partial charge in [-0.15, -0.1) is 0 Å². The molecule has 22 heteroatoms. The van der Waals surface area contributed by atoms with Gasteiger partial charge in [0.1, 0.15) is 48.3 Å². The van der Waals surface area contributed by atoms with Crippen LogP contribution in [0.25, 0.3) is 0 Å². The minimum Gasteiger partial charge on any atom is -0.370 e. The van der Waals surface area contributed by atoms with Crippen molar-refractivity contribution in [3.8, 4) is 0 Å². The summed E-state index contributed by atoms with van der Waals surface area (Å²) in [6, 6.07) is 44.9. The summed E-state index contributed by atoms with van der Waals surface area (Å²) in [5.41, 5.74) is 5.89. The number of rotatable bonds is 6. The van der Waals surface area contributed by atoms with Gasteiger partial charge in [0.2, 0.25) is 35.4 Å². The zero-order valence-corrected chi connectivity index (χ0v) is 72.7. The van der Waals surface area contributed by atoms with Crippen LogP contribution in [0.4, 0.5) is 8.78 Å². The molecule has 6 atom stereocenters. The molecule has 6 aromatic carbocycles. The predicted molar refractivity (Wildman–Crippen MR) is 446 cm³/mol. The van der Waals surface area contributed by atoms with Gasteiger partial charge in [0.05, 0.1) is 78.9 Å². The Balaban J connectivity index is 0.000000189. The van der Waals surface area contributed by atoms with Crippen LogP contribution in [0.2, 0.25) is 10.0 Å². The molecular weight excluding hydrogens is 1490 g/mol. The standard InChI is InChI=1S/2C16H23NO2.2C15H20ClNO2.2C15H20FNO2/c2*1-12-5-7-13(8-6-12)14-11-17(9-10-19-14)15(18)16(2,3)4;1-15(2,3)14(18)17-7-8-19-13(10-17)11-5-4-6-12(16)9-11;1-15(2,3)14(18)17-8-9-19-13(10-17)11-6-4-5-7-12(11)16;1-15(2,3)14(18)17-7-8-19-13(10-17)11-5-4-6-12(16)9-11;1-15(2,3)14(18)17-8-9-19-13(10-17)11-6-4-5-7-12(11)16/h2*5-8,14H,9-11H2,1-4H3;4-6,9,13H,7-8,10H2,1-3H3;4-7,13H,8-10H2,1-3H3;4-6,9,13H,7-8,10H2,1-3H3;4-7,13H,8-10H2,1-3H3. The molecule has 6 aliphatic rings. The molecule has 6 saturated heterocycles. The van der Waals surface area contributed by atoms with E-state index in [4.69, 9.17) is 51.6 Å². The molecule has 6 amide bonds. The Morgan fingerprint density at radius 1 is 0.307 bits per heavy atom. The fraction of sp³-hybridized carbons (Fsp3) is 0.543. The highest BCUT2D eigenvalue weighted by Gasteiger charge is 2.39. The number of hydrogen-bond acceptors (Lipinski definition) is 12. The van der Waals surface area contributed by atoms with Crippen molar-refractivity contribution in [2.75, 3.05) is 118 Å². The Morgan fingerprint density at radius 2 is 0.570 bits per heavy atom. The molecule has 0 N–H and O–H groups in total. The highest BCUT2D eigenvalue weighted by molar-refractivity contribution is 6.31. The fourth-order valence-corrected chi connectivity index (χ4v) is 13.9. The van der Waals surface area contributed by atoms with E-state index in [9.17, 15) is 37.5 Å². The number of ether oxygens (including phenoxy) is 6. The van der Waals surface area contributed by atoms with Crippen LogP contribution in [-0.2, 0) is 57.2 Å². The number of halogens is 4. The number of carbonyl (C=O) groups excluding carboxylic acids is 6. The van der Waals surface area contributed by atoms with E-state index in [2.05, 4.69) is 62.4 Å². The monoisotopic (exact) mass is 1610 g/mol. The van der Waals surface area contributed by atoms with Gasteiger partial charge in [-0.25, -0.2) is 8.78 Å². The first-order valence-electron chi connectivity index (χ1n) is 39.9. The SMILES string of the molecule is CC(C)(C)C(=O)N1CCOC(c2cccc(Cl)c2)C1.CC(C)(C)C(=O)N1CCOC(c2cccc(F)c2)C1.CC(C)(C)C(=O)N1CCOC(c2ccccc2Cl)C1.CC(C)(C)C(=O)N1CCOC(c2ccccc2F)C1.Cc1ccc(C2CN(C(=O)C(C)(C)C)CCO2)cc1.Cc1ccc(C2CN(C(=O)C(C)(C)C)CCO2)cc1. The molecule has 0 aromatic heterocycles. The molecule has 6 aromatic rings. The number of nitrogens with zero attached hydrogens (tertiary/aromatic N) is 6. The maximum atomic E-state index is 13.8. The minimum absolute atomic E-state index is 0.000602. The smallest absolute Gasteiger partial charge is 0.228 e. The third-order valence-corrected chi connectivity index (χ3v) is 20.4. The van der Waals surface area contributed by atoms with Crippen molar-refractivity contribution in [2.24, 2.45) is 32.5 Å². The second kappa shape index (κ2) is 41.4. The van der Waals surface area contributed by atoms with Crippen LogP contribution in [0, 0.1) is 58.0 Å². The van der Waals surface area contributed by atoms with Gasteiger partial charge < -0.3 is 57.8 Å². The van der Waals surface area contributed by atoms with Crippen molar-refractivity contribution in [3.05, 3.63) is 212 Å². The maximum absolute atomic E-state index is 13.8. The second-order valence-electron chi connectivity index (χ2n) is 36.1. The topological polar surface area (TPSA) is 177 Å². The van der Waals surface area contributed by atoms with Crippen LogP contribution >= 0.6 is 23.2 Å². The molecule has 0 bridgehead atoms. The molecule has 12 rings (SSSR count). The summed E-state index contributed by atoms with van der Waals surface area (Å²) in [6.07, 6.45) is -0.828. The largest absolute Gasteiger partial charge is 0.370 e. The van der Waals surface area contributed by atoms with E-state index < -0.39 is 10.8 Å². The number of amides is 6. The molecule has 0 spiro atoms.